The predicted molar refractivity (Wildman–Crippen MR) is 58.7 cm³/mol. The summed E-state index contributed by atoms with van der Waals surface area (Å²) in [7, 11) is 0. The molecule has 0 spiro atoms. The molecule has 1 aliphatic heterocycles. The van der Waals surface area contributed by atoms with Gasteiger partial charge in [-0.2, -0.15) is 0 Å². The number of amides is 1. The molecule has 0 fully saturated rings. The summed E-state index contributed by atoms with van der Waals surface area (Å²) >= 11 is 0. The van der Waals surface area contributed by atoms with Gasteiger partial charge in [-0.25, -0.2) is 4.79 Å². The van der Waals surface area contributed by atoms with Gasteiger partial charge in [0.25, 0.3) is 0 Å². The molecular formula is C11H16N2O2. The number of hydrogen-bond donors (Lipinski definition) is 1. The highest BCUT2D eigenvalue weighted by Gasteiger charge is 2.19. The van der Waals surface area contributed by atoms with Gasteiger partial charge in [0.2, 0.25) is 0 Å². The smallest absolute Gasteiger partial charge is 0.418 e. The first-order chi connectivity index (χ1) is 6.88. The molecule has 0 aromatic heterocycles. The molecule has 0 saturated heterocycles. The van der Waals surface area contributed by atoms with Crippen LogP contribution < -0.4 is 0 Å². The Morgan fingerprint density at radius 1 is 1.47 bits per heavy atom. The number of nitrogens with zero attached hydrogens (tertiary/aromatic N) is 1. The molecule has 0 unspecified atom stereocenters. The first kappa shape index (κ1) is 11.5. The van der Waals surface area contributed by atoms with E-state index in [1.165, 1.54) is 4.90 Å². The normalized spacial score (nSPS) is 16.5. The van der Waals surface area contributed by atoms with E-state index in [2.05, 4.69) is 0 Å². The molecule has 0 aromatic carbocycles. The van der Waals surface area contributed by atoms with E-state index in [4.69, 9.17) is 10.1 Å². The van der Waals surface area contributed by atoms with Gasteiger partial charge in [-0.15, -0.1) is 0 Å². The Kier molecular flexibility index (Phi) is 3.29. The van der Waals surface area contributed by atoms with Gasteiger partial charge in [0.05, 0.1) is 0 Å². The van der Waals surface area contributed by atoms with E-state index in [1.54, 1.807) is 24.6 Å². The van der Waals surface area contributed by atoms with Crippen molar-refractivity contribution in [3.05, 3.63) is 24.6 Å². The van der Waals surface area contributed by atoms with E-state index in [0.717, 1.165) is 0 Å². The third-order valence-electron chi connectivity index (χ3n) is 1.64. The second-order valence-electron chi connectivity index (χ2n) is 4.32. The van der Waals surface area contributed by atoms with Gasteiger partial charge < -0.3 is 10.1 Å². The minimum Gasteiger partial charge on any atom is -0.443 e. The minimum absolute atomic E-state index is 0.426. The van der Waals surface area contributed by atoms with Crippen molar-refractivity contribution in [1.82, 2.24) is 4.90 Å². The number of rotatable bonds is 0. The van der Waals surface area contributed by atoms with E-state index < -0.39 is 11.7 Å². The second-order valence-corrected chi connectivity index (χ2v) is 4.32. The largest absolute Gasteiger partial charge is 0.443 e. The van der Waals surface area contributed by atoms with Crippen LogP contribution in [0.4, 0.5) is 4.79 Å². The first-order valence-electron chi connectivity index (χ1n) is 4.82. The molecule has 15 heavy (non-hydrogen) atoms. The van der Waals surface area contributed by atoms with Gasteiger partial charge in [-0.1, -0.05) is 6.08 Å². The Hall–Kier alpha value is -1.58. The van der Waals surface area contributed by atoms with Crippen LogP contribution >= 0.6 is 0 Å². The van der Waals surface area contributed by atoms with Crippen molar-refractivity contribution in [3.63, 3.8) is 0 Å². The third kappa shape index (κ3) is 3.97. The summed E-state index contributed by atoms with van der Waals surface area (Å²) in [6.07, 6.45) is 6.61. The van der Waals surface area contributed by atoms with Crippen molar-refractivity contribution in [2.45, 2.75) is 32.8 Å². The Labute approximate surface area is 89.7 Å². The fourth-order valence-corrected chi connectivity index (χ4v) is 1.02. The highest BCUT2D eigenvalue weighted by atomic mass is 16.6. The summed E-state index contributed by atoms with van der Waals surface area (Å²) in [6, 6.07) is 0. The third-order valence-corrected chi connectivity index (χ3v) is 1.64. The van der Waals surface area contributed by atoms with Gasteiger partial charge >= 0.3 is 6.09 Å². The fourth-order valence-electron chi connectivity index (χ4n) is 1.02. The van der Waals surface area contributed by atoms with Crippen molar-refractivity contribution in [2.24, 2.45) is 0 Å². The number of allylic oxidation sites excluding steroid dienone is 2. The topological polar surface area (TPSA) is 53.4 Å². The van der Waals surface area contributed by atoms with Crippen LogP contribution in [0.5, 0.6) is 0 Å². The maximum Gasteiger partial charge on any atom is 0.418 e. The quantitative estimate of drug-likeness (QED) is 0.665. The average molecular weight is 208 g/mol. The lowest BCUT2D eigenvalue weighted by atomic mass is 10.2. The first-order valence-corrected chi connectivity index (χ1v) is 4.82. The summed E-state index contributed by atoms with van der Waals surface area (Å²) in [5, 5.41) is 7.42. The van der Waals surface area contributed by atoms with Crippen LogP contribution in [0.15, 0.2) is 24.6 Å². The lowest BCUT2D eigenvalue weighted by molar-refractivity contribution is 0.0400. The lowest BCUT2D eigenvalue weighted by Crippen LogP contribution is -2.30. The highest BCUT2D eigenvalue weighted by molar-refractivity contribution is 5.94. The number of nitrogens with one attached hydrogen (secondary N) is 1. The van der Waals surface area contributed by atoms with Crippen LogP contribution in [-0.2, 0) is 4.74 Å². The Morgan fingerprint density at radius 2 is 2.13 bits per heavy atom. The Morgan fingerprint density at radius 3 is 2.73 bits per heavy atom. The summed E-state index contributed by atoms with van der Waals surface area (Å²) in [6.45, 7) is 5.45. The summed E-state index contributed by atoms with van der Waals surface area (Å²) in [5.41, 5.74) is -0.0317. The standard InChI is InChI=1S/C11H16N2O2/c1-11(2,3)15-10(14)13-7-4-5-9(12)6-8-13/h4,6-8,12H,5H2,1-3H3. The van der Waals surface area contributed by atoms with E-state index in [-0.39, 0.29) is 0 Å². The van der Waals surface area contributed by atoms with Crippen molar-refractivity contribution < 1.29 is 9.53 Å². The zero-order valence-corrected chi connectivity index (χ0v) is 9.28. The summed E-state index contributed by atoms with van der Waals surface area (Å²) in [5.74, 6) is 0. The van der Waals surface area contributed by atoms with Gasteiger partial charge in [-0.05, 0) is 26.8 Å². The summed E-state index contributed by atoms with van der Waals surface area (Å²) < 4.78 is 5.18. The maximum absolute atomic E-state index is 11.6. The molecule has 0 saturated carbocycles. The van der Waals surface area contributed by atoms with E-state index in [0.29, 0.717) is 12.1 Å². The maximum atomic E-state index is 11.6. The molecule has 0 aliphatic carbocycles. The lowest BCUT2D eigenvalue weighted by Gasteiger charge is -2.22. The molecule has 0 atom stereocenters. The van der Waals surface area contributed by atoms with Gasteiger partial charge in [-0.3, -0.25) is 4.90 Å². The molecule has 82 valence electrons. The Bertz CT molecular complexity index is 324. The molecule has 4 heteroatoms. The number of ether oxygens (including phenoxy) is 1. The minimum atomic E-state index is -0.501. The molecule has 1 rings (SSSR count). The van der Waals surface area contributed by atoms with E-state index >= 15 is 0 Å². The molecular weight excluding hydrogens is 192 g/mol. The van der Waals surface area contributed by atoms with Crippen molar-refractivity contribution in [1.29, 1.82) is 5.41 Å². The zero-order valence-electron chi connectivity index (χ0n) is 9.28. The van der Waals surface area contributed by atoms with Gasteiger partial charge in [0.15, 0.2) is 0 Å². The van der Waals surface area contributed by atoms with Gasteiger partial charge in [0.1, 0.15) is 5.60 Å². The molecule has 4 nitrogen and oxygen atoms in total. The molecule has 0 aromatic rings. The van der Waals surface area contributed by atoms with Crippen LogP contribution in [0.25, 0.3) is 0 Å². The van der Waals surface area contributed by atoms with Crippen molar-refractivity contribution >= 4 is 11.8 Å². The number of carbonyl (C=O) groups is 1. The molecule has 1 aliphatic rings. The zero-order chi connectivity index (χ0) is 11.5. The highest BCUT2D eigenvalue weighted by Crippen LogP contribution is 2.12. The Balaban J connectivity index is 2.68. The van der Waals surface area contributed by atoms with Crippen LogP contribution in [-0.4, -0.2) is 22.3 Å². The van der Waals surface area contributed by atoms with Crippen LogP contribution in [0.1, 0.15) is 27.2 Å². The predicted octanol–water partition coefficient (Wildman–Crippen LogP) is 2.67. The van der Waals surface area contributed by atoms with Crippen molar-refractivity contribution in [3.8, 4) is 0 Å². The molecule has 1 heterocycles. The summed E-state index contributed by atoms with van der Waals surface area (Å²) in [4.78, 5) is 12.9. The molecule has 0 radical (unpaired) electrons. The molecule has 0 bridgehead atoms. The number of carbonyl (C=O) groups excluding carboxylic acids is 1. The van der Waals surface area contributed by atoms with Crippen LogP contribution in [0.3, 0.4) is 0 Å². The van der Waals surface area contributed by atoms with Crippen LogP contribution in [0, 0.1) is 5.41 Å². The van der Waals surface area contributed by atoms with Gasteiger partial charge in [0, 0.05) is 24.5 Å². The molecule has 1 N–H and O–H groups in total. The SMILES string of the molecule is CC(C)(C)OC(=O)N1C=CCC(=N)C=C1. The number of hydrogen-bond acceptors (Lipinski definition) is 3. The fraction of sp³-hybridized carbons (Fsp3) is 0.455. The van der Waals surface area contributed by atoms with Crippen LogP contribution in [0.2, 0.25) is 0 Å². The monoisotopic (exact) mass is 208 g/mol. The van der Waals surface area contributed by atoms with Crippen molar-refractivity contribution in [2.75, 3.05) is 0 Å². The average Bonchev–Trinajstić information content (AvgIpc) is 2.26. The van der Waals surface area contributed by atoms with E-state index in [9.17, 15) is 4.79 Å². The van der Waals surface area contributed by atoms with E-state index in [1.807, 2.05) is 20.8 Å². The molecule has 1 amide bonds. The second kappa shape index (κ2) is 4.29.